The zero-order chi connectivity index (χ0) is 15.4. The van der Waals surface area contributed by atoms with Gasteiger partial charge in [-0.2, -0.15) is 21.4 Å². The third-order valence-corrected chi connectivity index (χ3v) is 5.09. The molecule has 0 radical (unpaired) electrons. The van der Waals surface area contributed by atoms with E-state index in [1.807, 2.05) is 13.8 Å². The minimum absolute atomic E-state index is 0.116. The van der Waals surface area contributed by atoms with E-state index in [9.17, 15) is 9.59 Å². The fraction of sp³-hybridized carbons (Fsp3) is 0.538. The lowest BCUT2D eigenvalue weighted by molar-refractivity contribution is -0.140. The van der Waals surface area contributed by atoms with Crippen LogP contribution < -0.4 is 5.56 Å². The van der Waals surface area contributed by atoms with E-state index in [-0.39, 0.29) is 16.8 Å². The summed E-state index contributed by atoms with van der Waals surface area (Å²) in [7, 11) is 1.38. The summed E-state index contributed by atoms with van der Waals surface area (Å²) in [5.74, 6) is 0.358. The van der Waals surface area contributed by atoms with Crippen LogP contribution in [0.3, 0.4) is 0 Å². The Labute approximate surface area is 130 Å². The minimum Gasteiger partial charge on any atom is -0.469 e. The second-order valence-electron chi connectivity index (χ2n) is 4.53. The molecule has 0 aliphatic rings. The van der Waals surface area contributed by atoms with Crippen molar-refractivity contribution < 1.29 is 9.53 Å². The molecule has 0 aliphatic heterocycles. The number of aryl methyl sites for hydroxylation is 1. The van der Waals surface area contributed by atoms with Crippen LogP contribution in [0, 0.1) is 0 Å². The highest BCUT2D eigenvalue weighted by atomic mass is 32.2. The average molecular weight is 327 g/mol. The number of methoxy groups -OCH3 is 1. The number of thioether (sulfide) groups is 1. The summed E-state index contributed by atoms with van der Waals surface area (Å²) in [4.78, 5) is 28.2. The standard InChI is InChI=1S/C13H17N3O3S2/c1-4-10-15-16-11(17)6-9(14-13(16)21-10)7-20-8(2)5-12(18)19-3/h6,8H,4-5,7H2,1-3H3. The molecule has 0 amide bonds. The monoisotopic (exact) mass is 327 g/mol. The first-order valence-electron chi connectivity index (χ1n) is 6.60. The molecule has 6 nitrogen and oxygen atoms in total. The second-order valence-corrected chi connectivity index (χ2v) is 7.00. The van der Waals surface area contributed by atoms with Gasteiger partial charge in [-0.3, -0.25) is 9.59 Å². The van der Waals surface area contributed by atoms with Gasteiger partial charge >= 0.3 is 5.97 Å². The molecule has 1 unspecified atom stereocenters. The van der Waals surface area contributed by atoms with Crippen LogP contribution in [0.5, 0.6) is 0 Å². The van der Waals surface area contributed by atoms with Crippen molar-refractivity contribution in [3.8, 4) is 0 Å². The number of fused-ring (bicyclic) bond motifs is 1. The smallest absolute Gasteiger partial charge is 0.306 e. The summed E-state index contributed by atoms with van der Waals surface area (Å²) in [6, 6.07) is 1.50. The van der Waals surface area contributed by atoms with E-state index >= 15 is 0 Å². The Hall–Kier alpha value is -1.41. The van der Waals surface area contributed by atoms with Crippen LogP contribution in [0.2, 0.25) is 0 Å². The Balaban J connectivity index is 2.09. The summed E-state index contributed by atoms with van der Waals surface area (Å²) in [5.41, 5.74) is 0.556. The molecule has 8 heteroatoms. The first kappa shape index (κ1) is 16.0. The molecule has 0 bridgehead atoms. The number of hydrogen-bond donors (Lipinski definition) is 0. The maximum Gasteiger partial charge on any atom is 0.306 e. The van der Waals surface area contributed by atoms with E-state index in [4.69, 9.17) is 0 Å². The molecule has 2 heterocycles. The number of rotatable bonds is 6. The van der Waals surface area contributed by atoms with Crippen LogP contribution in [-0.2, 0) is 21.7 Å². The van der Waals surface area contributed by atoms with Gasteiger partial charge in [0.25, 0.3) is 5.56 Å². The van der Waals surface area contributed by atoms with Gasteiger partial charge in [-0.1, -0.05) is 25.2 Å². The van der Waals surface area contributed by atoms with E-state index in [2.05, 4.69) is 14.8 Å². The summed E-state index contributed by atoms with van der Waals surface area (Å²) in [6.07, 6.45) is 1.14. The van der Waals surface area contributed by atoms with Gasteiger partial charge in [-0.15, -0.1) is 0 Å². The number of esters is 1. The van der Waals surface area contributed by atoms with Crippen LogP contribution >= 0.6 is 23.1 Å². The van der Waals surface area contributed by atoms with Crippen molar-refractivity contribution in [1.29, 1.82) is 0 Å². The van der Waals surface area contributed by atoms with Gasteiger partial charge < -0.3 is 4.74 Å². The minimum atomic E-state index is -0.228. The van der Waals surface area contributed by atoms with Crippen molar-refractivity contribution in [1.82, 2.24) is 14.6 Å². The van der Waals surface area contributed by atoms with Gasteiger partial charge in [0.05, 0.1) is 19.2 Å². The fourth-order valence-electron chi connectivity index (χ4n) is 1.72. The van der Waals surface area contributed by atoms with Crippen molar-refractivity contribution in [3.63, 3.8) is 0 Å². The molecule has 0 saturated heterocycles. The topological polar surface area (TPSA) is 73.6 Å². The molecule has 2 aromatic rings. The molecule has 0 spiro atoms. The van der Waals surface area contributed by atoms with Crippen molar-refractivity contribution in [2.75, 3.05) is 7.11 Å². The summed E-state index contributed by atoms with van der Waals surface area (Å²) in [5, 5.41) is 5.22. The molecule has 21 heavy (non-hydrogen) atoms. The van der Waals surface area contributed by atoms with Crippen molar-refractivity contribution in [2.24, 2.45) is 0 Å². The van der Waals surface area contributed by atoms with Crippen LogP contribution in [-0.4, -0.2) is 32.9 Å². The van der Waals surface area contributed by atoms with Gasteiger partial charge in [0, 0.05) is 17.1 Å². The molecular weight excluding hydrogens is 310 g/mol. The first-order valence-corrected chi connectivity index (χ1v) is 8.47. The summed E-state index contributed by atoms with van der Waals surface area (Å²) < 4.78 is 5.98. The number of carbonyl (C=O) groups is 1. The third kappa shape index (κ3) is 4.04. The fourth-order valence-corrected chi connectivity index (χ4v) is 3.43. The van der Waals surface area contributed by atoms with Gasteiger partial charge in [0.2, 0.25) is 4.96 Å². The molecule has 114 valence electrons. The van der Waals surface area contributed by atoms with Gasteiger partial charge in [0.15, 0.2) is 0 Å². The molecule has 0 aliphatic carbocycles. The van der Waals surface area contributed by atoms with Gasteiger partial charge in [-0.25, -0.2) is 4.98 Å². The Morgan fingerprint density at radius 1 is 1.57 bits per heavy atom. The lowest BCUT2D eigenvalue weighted by atomic mass is 10.3. The van der Waals surface area contributed by atoms with Crippen LogP contribution in [0.15, 0.2) is 10.9 Å². The lowest BCUT2D eigenvalue weighted by Crippen LogP contribution is -2.15. The predicted octanol–water partition coefficient (Wildman–Crippen LogP) is 1.90. The largest absolute Gasteiger partial charge is 0.469 e. The Morgan fingerprint density at radius 3 is 3.00 bits per heavy atom. The zero-order valence-corrected chi connectivity index (χ0v) is 13.8. The molecule has 0 aromatic carbocycles. The number of nitrogens with zero attached hydrogens (tertiary/aromatic N) is 3. The highest BCUT2D eigenvalue weighted by Crippen LogP contribution is 2.20. The summed E-state index contributed by atoms with van der Waals surface area (Å²) in [6.45, 7) is 3.95. The third-order valence-electron chi connectivity index (χ3n) is 2.84. The first-order chi connectivity index (χ1) is 10.0. The normalized spacial score (nSPS) is 12.5. The van der Waals surface area contributed by atoms with E-state index < -0.39 is 0 Å². The van der Waals surface area contributed by atoms with Crippen LogP contribution in [0.4, 0.5) is 0 Å². The van der Waals surface area contributed by atoms with E-state index in [1.165, 1.54) is 29.0 Å². The van der Waals surface area contributed by atoms with Crippen LogP contribution in [0.25, 0.3) is 4.96 Å². The number of ether oxygens (including phenoxy) is 1. The predicted molar refractivity (Wildman–Crippen MR) is 83.9 cm³/mol. The molecule has 0 saturated carbocycles. The molecule has 2 rings (SSSR count). The zero-order valence-electron chi connectivity index (χ0n) is 12.2. The number of aromatic nitrogens is 3. The Morgan fingerprint density at radius 2 is 2.33 bits per heavy atom. The maximum absolute atomic E-state index is 12.0. The SMILES string of the molecule is CCc1nn2c(=O)cc(CSC(C)CC(=O)OC)nc2s1. The van der Waals surface area contributed by atoms with Crippen molar-refractivity contribution in [2.45, 2.75) is 37.7 Å². The molecule has 1 atom stereocenters. The van der Waals surface area contributed by atoms with Crippen LogP contribution in [0.1, 0.15) is 31.0 Å². The lowest BCUT2D eigenvalue weighted by Gasteiger charge is -2.08. The van der Waals surface area contributed by atoms with E-state index in [0.717, 1.165) is 11.4 Å². The Kier molecular flexibility index (Phi) is 5.35. The quantitative estimate of drug-likeness (QED) is 0.755. The Bertz CT molecular complexity index is 696. The van der Waals surface area contributed by atoms with E-state index in [1.54, 1.807) is 11.8 Å². The van der Waals surface area contributed by atoms with Crippen molar-refractivity contribution >= 4 is 34.0 Å². The highest BCUT2D eigenvalue weighted by molar-refractivity contribution is 7.99. The molecule has 2 aromatic heterocycles. The molecule has 0 N–H and O–H groups in total. The van der Waals surface area contributed by atoms with E-state index in [0.29, 0.717) is 22.8 Å². The van der Waals surface area contributed by atoms with Gasteiger partial charge in [0.1, 0.15) is 5.01 Å². The van der Waals surface area contributed by atoms with Crippen molar-refractivity contribution in [3.05, 3.63) is 27.1 Å². The second kappa shape index (κ2) is 7.04. The van der Waals surface area contributed by atoms with Gasteiger partial charge in [-0.05, 0) is 6.42 Å². The maximum atomic E-state index is 12.0. The number of carbonyl (C=O) groups excluding carboxylic acids is 1. The average Bonchev–Trinajstić information content (AvgIpc) is 2.88. The molecular formula is C13H17N3O3S2. The summed E-state index contributed by atoms with van der Waals surface area (Å²) >= 11 is 3.01. The number of hydrogen-bond acceptors (Lipinski definition) is 7. The molecule has 0 fully saturated rings. The highest BCUT2D eigenvalue weighted by Gasteiger charge is 2.12.